The fraction of sp³-hybridized carbons (Fsp3) is 0.0769. The zero-order valence-corrected chi connectivity index (χ0v) is 37.0. The molecule has 10 aromatic carbocycles. The molecular weight excluding hydrogens is 795 g/mol. The van der Waals surface area contributed by atoms with Gasteiger partial charge in [-0.2, -0.15) is 0 Å². The van der Waals surface area contributed by atoms with Gasteiger partial charge in [0, 0.05) is 22.4 Å². The van der Waals surface area contributed by atoms with Crippen molar-refractivity contribution >= 4 is 17.1 Å². The highest BCUT2D eigenvalue weighted by atomic mass is 15.1. The first kappa shape index (κ1) is 37.4. The molecular formula is C65H45N. The van der Waals surface area contributed by atoms with Gasteiger partial charge < -0.3 is 4.90 Å². The Kier molecular flexibility index (Phi) is 7.79. The molecule has 0 N–H and O–H groups in total. The molecule has 0 amide bonds. The maximum Gasteiger partial charge on any atom is 0.0726 e. The smallest absolute Gasteiger partial charge is 0.0726 e. The Labute approximate surface area is 387 Å². The maximum atomic E-state index is 2.57. The second-order valence-corrected chi connectivity index (χ2v) is 19.1. The lowest BCUT2D eigenvalue weighted by Gasteiger charge is -2.37. The van der Waals surface area contributed by atoms with Crippen LogP contribution in [0.15, 0.2) is 224 Å². The predicted molar refractivity (Wildman–Crippen MR) is 274 cm³/mol. The normalized spacial score (nSPS) is 15.8. The van der Waals surface area contributed by atoms with Crippen LogP contribution in [0.2, 0.25) is 0 Å². The van der Waals surface area contributed by atoms with E-state index in [1.807, 2.05) is 0 Å². The minimum atomic E-state index is -0.633. The van der Waals surface area contributed by atoms with Gasteiger partial charge >= 0.3 is 0 Å². The van der Waals surface area contributed by atoms with Crippen molar-refractivity contribution < 1.29 is 0 Å². The van der Waals surface area contributed by atoms with E-state index in [0.717, 1.165) is 23.5 Å². The molecule has 0 radical (unpaired) electrons. The van der Waals surface area contributed by atoms with Gasteiger partial charge in [-0.3, -0.25) is 0 Å². The predicted octanol–water partition coefficient (Wildman–Crippen LogP) is 16.7. The average molecular weight is 840 g/mol. The fourth-order valence-corrected chi connectivity index (χ4v) is 12.7. The summed E-state index contributed by atoms with van der Waals surface area (Å²) in [7, 11) is 0. The van der Waals surface area contributed by atoms with Crippen molar-refractivity contribution in [2.75, 3.05) is 4.90 Å². The summed E-state index contributed by atoms with van der Waals surface area (Å²) >= 11 is 0. The van der Waals surface area contributed by atoms with Crippen molar-refractivity contribution in [3.05, 3.63) is 269 Å². The molecule has 0 bridgehead atoms. The summed E-state index contributed by atoms with van der Waals surface area (Å²) in [5, 5.41) is 0. The molecule has 0 aromatic heterocycles. The first-order chi connectivity index (χ1) is 32.5. The third kappa shape index (κ3) is 4.95. The van der Waals surface area contributed by atoms with Crippen molar-refractivity contribution in [1.82, 2.24) is 0 Å². The van der Waals surface area contributed by atoms with Crippen molar-refractivity contribution in [3.8, 4) is 66.8 Å². The molecule has 4 aliphatic rings. The summed E-state index contributed by atoms with van der Waals surface area (Å²) in [6.07, 6.45) is 0.954. The number of benzene rings is 10. The first-order valence-corrected chi connectivity index (χ1v) is 23.4. The molecule has 1 spiro atoms. The Morgan fingerprint density at radius 2 is 0.818 bits per heavy atom. The van der Waals surface area contributed by atoms with Gasteiger partial charge in [-0.1, -0.05) is 208 Å². The minimum Gasteiger partial charge on any atom is -0.310 e. The van der Waals surface area contributed by atoms with Crippen LogP contribution in [0.4, 0.5) is 17.1 Å². The Balaban J connectivity index is 1.10. The lowest BCUT2D eigenvalue weighted by Crippen LogP contribution is -2.29. The summed E-state index contributed by atoms with van der Waals surface area (Å²) < 4.78 is 0. The van der Waals surface area contributed by atoms with E-state index in [1.165, 1.54) is 111 Å². The van der Waals surface area contributed by atoms with Gasteiger partial charge in [0.15, 0.2) is 0 Å². The van der Waals surface area contributed by atoms with Gasteiger partial charge in [-0.15, -0.1) is 0 Å². The third-order valence-corrected chi connectivity index (χ3v) is 15.5. The van der Waals surface area contributed by atoms with Gasteiger partial charge in [-0.05, 0) is 142 Å². The second-order valence-electron chi connectivity index (χ2n) is 19.1. The SMILES string of the molecule is CC1(C)c2ccccc2-c2ccc(N(c3ccc4c(c3)C3(c5ccccc5-c5ccccc5-4)c4ccccc4-c4c3ccc3c4-c4ccccc4C3)c3ccccc3-c3ccccc3)cc21. The summed E-state index contributed by atoms with van der Waals surface area (Å²) in [4.78, 5) is 2.54. The van der Waals surface area contributed by atoms with Crippen LogP contribution >= 0.6 is 0 Å². The zero-order chi connectivity index (χ0) is 43.7. The highest BCUT2D eigenvalue weighted by Gasteiger charge is 2.51. The molecule has 1 unspecified atom stereocenters. The Hall–Kier alpha value is -8.00. The molecule has 4 aliphatic carbocycles. The molecule has 1 nitrogen and oxygen atoms in total. The van der Waals surface area contributed by atoms with Crippen LogP contribution in [-0.4, -0.2) is 0 Å². The topological polar surface area (TPSA) is 3.24 Å². The van der Waals surface area contributed by atoms with E-state index < -0.39 is 5.41 Å². The van der Waals surface area contributed by atoms with Crippen LogP contribution in [0.5, 0.6) is 0 Å². The Morgan fingerprint density at radius 3 is 1.53 bits per heavy atom. The van der Waals surface area contributed by atoms with Gasteiger partial charge in [0.05, 0.1) is 11.1 Å². The van der Waals surface area contributed by atoms with E-state index >= 15 is 0 Å². The molecule has 310 valence electrons. The summed E-state index contributed by atoms with van der Waals surface area (Å²) in [5.41, 5.74) is 29.0. The molecule has 0 aliphatic heterocycles. The highest BCUT2D eigenvalue weighted by Crippen LogP contribution is 2.64. The standard InChI is InChI=1S/C65H45N/c1-64(2)55-28-14-10-26-51(55)53-36-34-44(39-59(53)64)66(61-31-17-13-21-46(61)41-18-4-3-5-19-41)45-33-35-52-49-24-9-8-23-48(49)50-25-11-15-29-56(50)65(60(52)40-45)57-30-16-12-27-54(57)63-58(65)37-32-43-38-42-20-6-7-22-47(42)62(43)63/h3-37,39-40H,38H2,1-2H3. The molecule has 0 saturated carbocycles. The van der Waals surface area contributed by atoms with Crippen LogP contribution in [0.3, 0.4) is 0 Å². The maximum absolute atomic E-state index is 2.57. The molecule has 1 heteroatoms. The number of hydrogen-bond acceptors (Lipinski definition) is 1. The van der Waals surface area contributed by atoms with E-state index in [4.69, 9.17) is 0 Å². The summed E-state index contributed by atoms with van der Waals surface area (Å²) in [5.74, 6) is 0. The lowest BCUT2D eigenvalue weighted by atomic mass is 9.65. The van der Waals surface area contributed by atoms with E-state index in [2.05, 4.69) is 243 Å². The monoisotopic (exact) mass is 839 g/mol. The van der Waals surface area contributed by atoms with Crippen molar-refractivity contribution in [2.24, 2.45) is 0 Å². The van der Waals surface area contributed by atoms with Gasteiger partial charge in [-0.25, -0.2) is 0 Å². The number of rotatable bonds is 4. The quantitative estimate of drug-likeness (QED) is 0.171. The van der Waals surface area contributed by atoms with Crippen LogP contribution in [0.25, 0.3) is 66.8 Å². The van der Waals surface area contributed by atoms with Crippen LogP contribution in [0, 0.1) is 0 Å². The third-order valence-electron chi connectivity index (χ3n) is 15.5. The van der Waals surface area contributed by atoms with Crippen molar-refractivity contribution in [2.45, 2.75) is 31.1 Å². The van der Waals surface area contributed by atoms with Gasteiger partial charge in [0.1, 0.15) is 0 Å². The van der Waals surface area contributed by atoms with Crippen LogP contribution in [-0.2, 0) is 17.3 Å². The van der Waals surface area contributed by atoms with E-state index in [9.17, 15) is 0 Å². The van der Waals surface area contributed by atoms with Crippen LogP contribution in [0.1, 0.15) is 58.4 Å². The Morgan fingerprint density at radius 1 is 0.318 bits per heavy atom. The second kappa shape index (κ2) is 13.8. The van der Waals surface area contributed by atoms with Crippen molar-refractivity contribution in [1.29, 1.82) is 0 Å². The number of nitrogens with zero attached hydrogens (tertiary/aromatic N) is 1. The summed E-state index contributed by atoms with van der Waals surface area (Å²) in [6.45, 7) is 4.77. The average Bonchev–Trinajstić information content (AvgIpc) is 3.95. The van der Waals surface area contributed by atoms with E-state index in [1.54, 1.807) is 0 Å². The number of fused-ring (bicyclic) bond motifs is 19. The molecule has 0 fully saturated rings. The molecule has 10 aromatic rings. The lowest BCUT2D eigenvalue weighted by molar-refractivity contribution is 0.660. The highest BCUT2D eigenvalue weighted by molar-refractivity contribution is 6.03. The van der Waals surface area contributed by atoms with E-state index in [0.29, 0.717) is 0 Å². The fourth-order valence-electron chi connectivity index (χ4n) is 12.7. The molecule has 0 saturated heterocycles. The summed E-state index contributed by atoms with van der Waals surface area (Å²) in [6, 6.07) is 85.1. The number of anilines is 3. The van der Waals surface area contributed by atoms with Crippen LogP contribution < -0.4 is 4.90 Å². The molecule has 14 rings (SSSR count). The largest absolute Gasteiger partial charge is 0.310 e. The number of hydrogen-bond donors (Lipinski definition) is 0. The molecule has 1 atom stereocenters. The number of para-hydroxylation sites is 1. The van der Waals surface area contributed by atoms with E-state index in [-0.39, 0.29) is 5.41 Å². The zero-order valence-electron chi connectivity index (χ0n) is 37.0. The first-order valence-electron chi connectivity index (χ1n) is 23.4. The molecule has 66 heavy (non-hydrogen) atoms. The molecule has 0 heterocycles. The van der Waals surface area contributed by atoms with Gasteiger partial charge in [0.25, 0.3) is 0 Å². The minimum absolute atomic E-state index is 0.159. The van der Waals surface area contributed by atoms with Crippen molar-refractivity contribution in [3.63, 3.8) is 0 Å². The Bertz CT molecular complexity index is 3660. The van der Waals surface area contributed by atoms with Gasteiger partial charge in [0.2, 0.25) is 0 Å².